The van der Waals surface area contributed by atoms with E-state index in [0.717, 1.165) is 18.5 Å². The second kappa shape index (κ2) is 5.45. The first kappa shape index (κ1) is 13.9. The van der Waals surface area contributed by atoms with E-state index in [4.69, 9.17) is 10.5 Å². The summed E-state index contributed by atoms with van der Waals surface area (Å²) in [6.45, 7) is 8.36. The van der Waals surface area contributed by atoms with Gasteiger partial charge in [0, 0.05) is 18.9 Å². The Balaban J connectivity index is 3.12. The molecule has 4 nitrogen and oxygen atoms in total. The summed E-state index contributed by atoms with van der Waals surface area (Å²) in [5, 5.41) is 0. The Bertz CT molecular complexity index is 373. The van der Waals surface area contributed by atoms with Gasteiger partial charge in [-0.2, -0.15) is 0 Å². The highest BCUT2D eigenvalue weighted by molar-refractivity contribution is 5.31. The zero-order chi connectivity index (χ0) is 13.1. The first-order valence-corrected chi connectivity index (χ1v) is 6.10. The number of aromatic nitrogens is 2. The van der Waals surface area contributed by atoms with E-state index in [9.17, 15) is 0 Å². The number of methoxy groups -OCH3 is 1. The molecule has 0 saturated carbocycles. The summed E-state index contributed by atoms with van der Waals surface area (Å²) >= 11 is 0. The van der Waals surface area contributed by atoms with Gasteiger partial charge in [-0.25, -0.2) is 9.97 Å². The third-order valence-corrected chi connectivity index (χ3v) is 3.01. The highest BCUT2D eigenvalue weighted by Gasteiger charge is 2.28. The Labute approximate surface area is 104 Å². The van der Waals surface area contributed by atoms with Crippen molar-refractivity contribution in [2.45, 2.75) is 46.1 Å². The normalized spacial score (nSPS) is 14.9. The van der Waals surface area contributed by atoms with Crippen molar-refractivity contribution >= 4 is 5.82 Å². The van der Waals surface area contributed by atoms with Gasteiger partial charge in [-0.1, -0.05) is 20.8 Å². The van der Waals surface area contributed by atoms with Crippen LogP contribution >= 0.6 is 0 Å². The minimum Gasteiger partial charge on any atom is -0.384 e. The van der Waals surface area contributed by atoms with E-state index >= 15 is 0 Å². The lowest BCUT2D eigenvalue weighted by Crippen LogP contribution is -2.27. The molecule has 0 amide bonds. The van der Waals surface area contributed by atoms with Gasteiger partial charge in [0.25, 0.3) is 0 Å². The number of ether oxygens (including phenoxy) is 1. The number of nitrogens with zero attached hydrogens (tertiary/aromatic N) is 2. The largest absolute Gasteiger partial charge is 0.384 e. The second-order valence-electron chi connectivity index (χ2n) is 4.99. The third-order valence-electron chi connectivity index (χ3n) is 3.01. The van der Waals surface area contributed by atoms with Gasteiger partial charge in [-0.05, 0) is 25.7 Å². The maximum atomic E-state index is 5.83. The first-order chi connectivity index (χ1) is 7.91. The van der Waals surface area contributed by atoms with E-state index < -0.39 is 5.60 Å². The molecule has 0 radical (unpaired) electrons. The predicted molar refractivity (Wildman–Crippen MR) is 69.6 cm³/mol. The maximum absolute atomic E-state index is 5.83. The summed E-state index contributed by atoms with van der Waals surface area (Å²) in [6.07, 6.45) is 1.72. The molecule has 0 aliphatic carbocycles. The zero-order valence-corrected chi connectivity index (χ0v) is 11.4. The van der Waals surface area contributed by atoms with Gasteiger partial charge in [0.05, 0.1) is 0 Å². The smallest absolute Gasteiger partial charge is 0.162 e. The van der Waals surface area contributed by atoms with Gasteiger partial charge in [0.1, 0.15) is 11.4 Å². The Hall–Kier alpha value is -1.16. The average Bonchev–Trinajstić information content (AvgIpc) is 2.26. The van der Waals surface area contributed by atoms with Gasteiger partial charge in [0.2, 0.25) is 0 Å². The zero-order valence-electron chi connectivity index (χ0n) is 11.4. The number of anilines is 1. The van der Waals surface area contributed by atoms with Crippen LogP contribution in [-0.2, 0) is 16.8 Å². The molecule has 0 aliphatic heterocycles. The number of rotatable bonds is 5. The molecule has 0 fully saturated rings. The minimum absolute atomic E-state index is 0.457. The standard InChI is InChI=1S/C13H23N3O/c1-6-13(4,17-5)12-15-10(7-9(2)3)8-11(14)16-12/h8-9H,6-7H2,1-5H3,(H2,14,15,16). The Morgan fingerprint density at radius 3 is 2.53 bits per heavy atom. The molecule has 0 aromatic carbocycles. The maximum Gasteiger partial charge on any atom is 0.162 e. The quantitative estimate of drug-likeness (QED) is 0.854. The third kappa shape index (κ3) is 3.40. The molecule has 96 valence electrons. The Kier molecular flexibility index (Phi) is 4.46. The van der Waals surface area contributed by atoms with Crippen LogP contribution in [0.15, 0.2) is 6.07 Å². The number of nitrogens with two attached hydrogens (primary N) is 1. The molecule has 1 aromatic rings. The second-order valence-corrected chi connectivity index (χ2v) is 4.99. The summed E-state index contributed by atoms with van der Waals surface area (Å²) in [7, 11) is 1.68. The molecule has 1 rings (SSSR count). The molecular formula is C13H23N3O. The van der Waals surface area contributed by atoms with Crippen LogP contribution in [0.1, 0.15) is 45.6 Å². The molecule has 0 aliphatic rings. The van der Waals surface area contributed by atoms with Crippen LogP contribution < -0.4 is 5.73 Å². The predicted octanol–water partition coefficient (Wildman–Crippen LogP) is 2.53. The molecule has 0 bridgehead atoms. The van der Waals surface area contributed by atoms with Crippen molar-refractivity contribution in [2.75, 3.05) is 12.8 Å². The lowest BCUT2D eigenvalue weighted by atomic mass is 10.0. The van der Waals surface area contributed by atoms with Crippen molar-refractivity contribution in [3.8, 4) is 0 Å². The number of hydrogen-bond acceptors (Lipinski definition) is 4. The Morgan fingerprint density at radius 2 is 2.06 bits per heavy atom. The first-order valence-electron chi connectivity index (χ1n) is 6.10. The Morgan fingerprint density at radius 1 is 1.41 bits per heavy atom. The molecule has 1 heterocycles. The fraction of sp³-hybridized carbons (Fsp3) is 0.692. The summed E-state index contributed by atoms with van der Waals surface area (Å²) in [5.74, 6) is 1.74. The molecule has 0 saturated heterocycles. The fourth-order valence-corrected chi connectivity index (χ4v) is 1.67. The van der Waals surface area contributed by atoms with Crippen molar-refractivity contribution in [1.82, 2.24) is 9.97 Å². The summed E-state index contributed by atoms with van der Waals surface area (Å²) in [5.41, 5.74) is 6.36. The van der Waals surface area contributed by atoms with E-state index in [1.807, 2.05) is 13.0 Å². The van der Waals surface area contributed by atoms with Gasteiger partial charge in [-0.15, -0.1) is 0 Å². The van der Waals surface area contributed by atoms with Crippen LogP contribution in [0.5, 0.6) is 0 Å². The lowest BCUT2D eigenvalue weighted by molar-refractivity contribution is -0.00904. The van der Waals surface area contributed by atoms with Gasteiger partial charge in [0.15, 0.2) is 5.82 Å². The van der Waals surface area contributed by atoms with Gasteiger partial charge in [-0.3, -0.25) is 0 Å². The number of nitrogen functional groups attached to an aromatic ring is 1. The molecule has 2 N–H and O–H groups in total. The lowest BCUT2D eigenvalue weighted by Gasteiger charge is -2.25. The summed E-state index contributed by atoms with van der Waals surface area (Å²) in [4.78, 5) is 8.87. The van der Waals surface area contributed by atoms with Crippen LogP contribution in [0.3, 0.4) is 0 Å². The van der Waals surface area contributed by atoms with E-state index in [0.29, 0.717) is 17.6 Å². The van der Waals surface area contributed by atoms with Crippen molar-refractivity contribution in [2.24, 2.45) is 5.92 Å². The fourth-order valence-electron chi connectivity index (χ4n) is 1.67. The van der Waals surface area contributed by atoms with Crippen molar-refractivity contribution in [3.63, 3.8) is 0 Å². The van der Waals surface area contributed by atoms with E-state index in [-0.39, 0.29) is 0 Å². The van der Waals surface area contributed by atoms with Crippen LogP contribution in [0.2, 0.25) is 0 Å². The van der Waals surface area contributed by atoms with Gasteiger partial charge < -0.3 is 10.5 Å². The van der Waals surface area contributed by atoms with Crippen molar-refractivity contribution in [3.05, 3.63) is 17.6 Å². The van der Waals surface area contributed by atoms with Crippen molar-refractivity contribution in [1.29, 1.82) is 0 Å². The monoisotopic (exact) mass is 237 g/mol. The molecule has 1 aromatic heterocycles. The molecule has 17 heavy (non-hydrogen) atoms. The SMILES string of the molecule is CCC(C)(OC)c1nc(N)cc(CC(C)C)n1. The van der Waals surface area contributed by atoms with Gasteiger partial charge >= 0.3 is 0 Å². The number of hydrogen-bond donors (Lipinski definition) is 1. The van der Waals surface area contributed by atoms with E-state index in [1.165, 1.54) is 0 Å². The highest BCUT2D eigenvalue weighted by atomic mass is 16.5. The average molecular weight is 237 g/mol. The molecule has 1 atom stereocenters. The highest BCUT2D eigenvalue weighted by Crippen LogP contribution is 2.26. The van der Waals surface area contributed by atoms with E-state index in [1.54, 1.807) is 7.11 Å². The molecule has 4 heteroatoms. The van der Waals surface area contributed by atoms with Crippen molar-refractivity contribution < 1.29 is 4.74 Å². The summed E-state index contributed by atoms with van der Waals surface area (Å²) < 4.78 is 5.51. The van der Waals surface area contributed by atoms with Crippen LogP contribution in [0.25, 0.3) is 0 Å². The minimum atomic E-state index is -0.457. The van der Waals surface area contributed by atoms with E-state index in [2.05, 4.69) is 30.7 Å². The van der Waals surface area contributed by atoms with Crippen LogP contribution in [0.4, 0.5) is 5.82 Å². The van der Waals surface area contributed by atoms with Crippen LogP contribution in [-0.4, -0.2) is 17.1 Å². The molecular weight excluding hydrogens is 214 g/mol. The summed E-state index contributed by atoms with van der Waals surface area (Å²) in [6, 6.07) is 1.84. The topological polar surface area (TPSA) is 61.0 Å². The molecule has 1 unspecified atom stereocenters. The molecule has 0 spiro atoms. The van der Waals surface area contributed by atoms with Crippen LogP contribution in [0, 0.1) is 5.92 Å².